The van der Waals surface area contributed by atoms with Crippen LogP contribution in [-0.2, 0) is 4.74 Å². The highest BCUT2D eigenvalue weighted by Crippen LogP contribution is 2.49. The molecular weight excluding hydrogens is 234 g/mol. The molecule has 8 atom stereocenters. The number of fused-ring (bicyclic) bond motifs is 3. The van der Waals surface area contributed by atoms with Crippen LogP contribution in [-0.4, -0.2) is 25.1 Å². The lowest BCUT2D eigenvalue weighted by atomic mass is 9.61. The van der Waals surface area contributed by atoms with Crippen molar-refractivity contribution in [3.63, 3.8) is 0 Å². The molecule has 8 unspecified atom stereocenters. The fourth-order valence-electron chi connectivity index (χ4n) is 4.47. The van der Waals surface area contributed by atoms with Crippen LogP contribution in [0.15, 0.2) is 0 Å². The molecule has 2 aliphatic carbocycles. The number of rotatable bonds is 0. The first-order valence-corrected chi connectivity index (χ1v) is 7.49. The molecule has 104 valence electrons. The summed E-state index contributed by atoms with van der Waals surface area (Å²) in [5, 5.41) is 0. The molecule has 0 N–H and O–H groups in total. The lowest BCUT2D eigenvalue weighted by Crippen LogP contribution is -2.55. The van der Waals surface area contributed by atoms with E-state index in [1.165, 1.54) is 0 Å². The van der Waals surface area contributed by atoms with E-state index in [0.29, 0.717) is 12.5 Å². The van der Waals surface area contributed by atoms with E-state index in [1.807, 2.05) is 13.8 Å². The monoisotopic (exact) mass is 258 g/mol. The predicted octanol–water partition coefficient (Wildman–Crippen LogP) is 3.77. The van der Waals surface area contributed by atoms with Crippen LogP contribution < -0.4 is 0 Å². The largest absolute Gasteiger partial charge is 0.374 e. The Morgan fingerprint density at radius 1 is 0.778 bits per heavy atom. The van der Waals surface area contributed by atoms with Gasteiger partial charge in [0.15, 0.2) is 0 Å². The maximum absolute atomic E-state index is 14.3. The zero-order valence-electron chi connectivity index (χ0n) is 11.3. The molecule has 1 saturated heterocycles. The summed E-state index contributed by atoms with van der Waals surface area (Å²) in [5.74, 6) is 0.901. The van der Waals surface area contributed by atoms with Gasteiger partial charge in [0.2, 0.25) is 0 Å². The molecule has 1 aliphatic heterocycles. The lowest BCUT2D eigenvalue weighted by molar-refractivity contribution is -0.177. The van der Waals surface area contributed by atoms with Crippen molar-refractivity contribution in [2.75, 3.05) is 6.61 Å². The molecule has 0 aromatic heterocycles. The number of hydrogen-bond donors (Lipinski definition) is 0. The third kappa shape index (κ3) is 1.90. The minimum Gasteiger partial charge on any atom is -0.374 e. The van der Waals surface area contributed by atoms with Gasteiger partial charge >= 0.3 is 0 Å². The molecule has 0 aromatic carbocycles. The van der Waals surface area contributed by atoms with E-state index >= 15 is 0 Å². The van der Waals surface area contributed by atoms with E-state index in [4.69, 9.17) is 4.74 Å². The van der Waals surface area contributed by atoms with Crippen LogP contribution in [0.4, 0.5) is 8.78 Å². The summed E-state index contributed by atoms with van der Waals surface area (Å²) < 4.78 is 34.2. The first-order chi connectivity index (χ1) is 8.59. The maximum atomic E-state index is 14.3. The van der Waals surface area contributed by atoms with Crippen molar-refractivity contribution in [1.29, 1.82) is 0 Å². The first kappa shape index (κ1) is 12.8. The van der Waals surface area contributed by atoms with Crippen molar-refractivity contribution < 1.29 is 13.5 Å². The van der Waals surface area contributed by atoms with Gasteiger partial charge < -0.3 is 4.74 Å². The van der Waals surface area contributed by atoms with Crippen LogP contribution in [0, 0.1) is 29.6 Å². The van der Waals surface area contributed by atoms with E-state index in [2.05, 4.69) is 0 Å². The lowest BCUT2D eigenvalue weighted by Gasteiger charge is -2.51. The molecule has 3 aliphatic rings. The predicted molar refractivity (Wildman–Crippen MR) is 66.8 cm³/mol. The van der Waals surface area contributed by atoms with E-state index in [9.17, 15) is 8.78 Å². The molecule has 0 radical (unpaired) electrons. The quantitative estimate of drug-likeness (QED) is 0.642. The molecule has 0 aromatic rings. The molecule has 1 heterocycles. The summed E-state index contributed by atoms with van der Waals surface area (Å²) in [5.41, 5.74) is 0. The van der Waals surface area contributed by atoms with E-state index in [1.54, 1.807) is 0 Å². The van der Waals surface area contributed by atoms with Gasteiger partial charge in [0.05, 0.1) is 12.7 Å². The van der Waals surface area contributed by atoms with Gasteiger partial charge in [-0.3, -0.25) is 0 Å². The van der Waals surface area contributed by atoms with Gasteiger partial charge in [-0.1, -0.05) is 13.8 Å². The van der Waals surface area contributed by atoms with Crippen molar-refractivity contribution in [3.8, 4) is 0 Å². The Hall–Kier alpha value is -0.180. The molecule has 3 fully saturated rings. The summed E-state index contributed by atoms with van der Waals surface area (Å²) in [6.07, 6.45) is 2.13. The normalized spacial score (nSPS) is 56.7. The van der Waals surface area contributed by atoms with E-state index in [0.717, 1.165) is 25.7 Å². The second kappa shape index (κ2) is 4.73. The molecule has 0 bridgehead atoms. The zero-order chi connectivity index (χ0) is 12.9. The van der Waals surface area contributed by atoms with Gasteiger partial charge in [-0.15, -0.1) is 0 Å². The van der Waals surface area contributed by atoms with Crippen LogP contribution in [0.1, 0.15) is 39.5 Å². The summed E-state index contributed by atoms with van der Waals surface area (Å²) in [4.78, 5) is 0. The highest BCUT2D eigenvalue weighted by molar-refractivity contribution is 4.99. The number of hydrogen-bond acceptors (Lipinski definition) is 1. The van der Waals surface area contributed by atoms with Crippen LogP contribution in [0.25, 0.3) is 0 Å². The van der Waals surface area contributed by atoms with Gasteiger partial charge in [-0.25, -0.2) is 8.78 Å². The molecule has 3 heteroatoms. The van der Waals surface area contributed by atoms with E-state index < -0.39 is 12.3 Å². The van der Waals surface area contributed by atoms with Gasteiger partial charge in [-0.2, -0.15) is 0 Å². The molecular formula is C15H24F2O. The molecule has 3 rings (SSSR count). The van der Waals surface area contributed by atoms with Crippen LogP contribution in [0.5, 0.6) is 0 Å². The van der Waals surface area contributed by atoms with Crippen molar-refractivity contribution in [2.24, 2.45) is 29.6 Å². The summed E-state index contributed by atoms with van der Waals surface area (Å²) in [7, 11) is 0. The fourth-order valence-corrected chi connectivity index (χ4v) is 4.47. The topological polar surface area (TPSA) is 9.23 Å². The standard InChI is InChI=1S/C15H24F2O/c1-8-3-5-10-11-6-4-9(2)14(17)15(11)18-7-12(10)13(8)16/h8-15H,3-7H2,1-2H3. The first-order valence-electron chi connectivity index (χ1n) is 7.49. The highest BCUT2D eigenvalue weighted by Gasteiger charge is 2.51. The SMILES string of the molecule is CC1CCC2C(COC3C(F)C(C)CCC23)C1F. The Morgan fingerprint density at radius 2 is 1.39 bits per heavy atom. The van der Waals surface area contributed by atoms with Crippen LogP contribution >= 0.6 is 0 Å². The minimum atomic E-state index is -0.845. The smallest absolute Gasteiger partial charge is 0.129 e. The van der Waals surface area contributed by atoms with Gasteiger partial charge in [0.25, 0.3) is 0 Å². The second-order valence-corrected chi connectivity index (χ2v) is 6.79. The van der Waals surface area contributed by atoms with E-state index in [-0.39, 0.29) is 29.8 Å². The Kier molecular flexibility index (Phi) is 3.38. The van der Waals surface area contributed by atoms with Crippen molar-refractivity contribution in [2.45, 2.75) is 58.0 Å². The molecule has 2 saturated carbocycles. The van der Waals surface area contributed by atoms with Crippen molar-refractivity contribution >= 4 is 0 Å². The molecule has 0 spiro atoms. The van der Waals surface area contributed by atoms with Crippen LogP contribution in [0.3, 0.4) is 0 Å². The fraction of sp³-hybridized carbons (Fsp3) is 1.00. The third-order valence-electron chi connectivity index (χ3n) is 5.72. The summed E-state index contributed by atoms with van der Waals surface area (Å²) >= 11 is 0. The summed E-state index contributed by atoms with van der Waals surface area (Å²) in [6.45, 7) is 4.40. The molecule has 18 heavy (non-hydrogen) atoms. The third-order valence-corrected chi connectivity index (χ3v) is 5.72. The van der Waals surface area contributed by atoms with Gasteiger partial charge in [-0.05, 0) is 49.4 Å². The van der Waals surface area contributed by atoms with Crippen molar-refractivity contribution in [3.05, 3.63) is 0 Å². The van der Waals surface area contributed by atoms with Gasteiger partial charge in [0, 0.05) is 5.92 Å². The highest BCUT2D eigenvalue weighted by atomic mass is 19.1. The van der Waals surface area contributed by atoms with Gasteiger partial charge in [0.1, 0.15) is 12.3 Å². The molecule has 0 amide bonds. The van der Waals surface area contributed by atoms with Crippen LogP contribution in [0.2, 0.25) is 0 Å². The number of alkyl halides is 2. The molecule has 1 nitrogen and oxygen atoms in total. The number of halogens is 2. The van der Waals surface area contributed by atoms with Crippen molar-refractivity contribution in [1.82, 2.24) is 0 Å². The average molecular weight is 258 g/mol. The maximum Gasteiger partial charge on any atom is 0.129 e. The summed E-state index contributed by atoms with van der Waals surface area (Å²) in [6, 6.07) is 0. The Bertz CT molecular complexity index is 279. The second-order valence-electron chi connectivity index (χ2n) is 6.79. The Labute approximate surface area is 108 Å². The zero-order valence-corrected chi connectivity index (χ0v) is 11.3. The minimum absolute atomic E-state index is 0.0237. The Balaban J connectivity index is 1.78. The average Bonchev–Trinajstić information content (AvgIpc) is 2.38. The Morgan fingerprint density at radius 3 is 2.11 bits per heavy atom. The number of ether oxygens (including phenoxy) is 1.